The Morgan fingerprint density at radius 3 is 2.81 bits per heavy atom. The number of nitrogens with one attached hydrogen (secondary N) is 1. The van der Waals surface area contributed by atoms with Crippen molar-refractivity contribution in [1.82, 2.24) is 34.7 Å². The average molecular weight is 505 g/mol. The topological polar surface area (TPSA) is 168 Å². The highest BCUT2D eigenvalue weighted by atomic mass is 16.5. The molecule has 5 heterocycles. The molecule has 0 spiro atoms. The number of ether oxygens (including phenoxy) is 2. The number of furan rings is 1. The number of methoxy groups -OCH3 is 1. The van der Waals surface area contributed by atoms with Crippen LogP contribution in [0.4, 0.5) is 5.95 Å². The molecule has 1 unspecified atom stereocenters. The van der Waals surface area contributed by atoms with E-state index in [0.717, 1.165) is 0 Å². The van der Waals surface area contributed by atoms with Crippen molar-refractivity contribution >= 4 is 28.5 Å². The van der Waals surface area contributed by atoms with Crippen LogP contribution in [0.1, 0.15) is 12.5 Å². The number of carbonyl (C=O) groups is 1. The van der Waals surface area contributed by atoms with Crippen molar-refractivity contribution in [3.8, 4) is 17.3 Å². The van der Waals surface area contributed by atoms with Crippen LogP contribution < -0.4 is 15.8 Å². The van der Waals surface area contributed by atoms with E-state index in [0.29, 0.717) is 39.6 Å². The summed E-state index contributed by atoms with van der Waals surface area (Å²) in [5.41, 5.74) is 5.08. The number of carbonyl (C=O) groups excluding carboxylic acids is 1. The second-order valence-electron chi connectivity index (χ2n) is 9.12. The van der Waals surface area contributed by atoms with Gasteiger partial charge in [0, 0.05) is 0 Å². The van der Waals surface area contributed by atoms with Gasteiger partial charge in [-0.1, -0.05) is 12.1 Å². The first-order chi connectivity index (χ1) is 17.8. The molecular formula is C24H24N8O5. The lowest BCUT2D eigenvalue weighted by atomic mass is 9.90. The highest BCUT2D eigenvalue weighted by Gasteiger charge is 2.43. The number of aliphatic hydroxyl groups is 1. The van der Waals surface area contributed by atoms with Crippen molar-refractivity contribution in [2.24, 2.45) is 0 Å². The molecule has 1 aromatic carbocycles. The Hall–Kier alpha value is -4.49. The number of aromatic nitrogens is 6. The summed E-state index contributed by atoms with van der Waals surface area (Å²) in [6.45, 7) is 2.02. The van der Waals surface area contributed by atoms with Gasteiger partial charge in [-0.25, -0.2) is 9.67 Å². The normalized spacial score (nSPS) is 16.4. The van der Waals surface area contributed by atoms with E-state index in [9.17, 15) is 9.90 Å². The number of benzene rings is 1. The molecule has 1 amide bonds. The Bertz CT molecular complexity index is 1620. The summed E-state index contributed by atoms with van der Waals surface area (Å²) in [4.78, 5) is 23.0. The Morgan fingerprint density at radius 1 is 1.27 bits per heavy atom. The van der Waals surface area contributed by atoms with Crippen molar-refractivity contribution < 1.29 is 23.8 Å². The van der Waals surface area contributed by atoms with Crippen LogP contribution >= 0.6 is 0 Å². The lowest BCUT2D eigenvalue weighted by Crippen LogP contribution is -2.59. The molecule has 5 aromatic rings. The van der Waals surface area contributed by atoms with E-state index in [1.54, 1.807) is 56.6 Å². The molecule has 0 aliphatic carbocycles. The van der Waals surface area contributed by atoms with Gasteiger partial charge in [0.05, 0.1) is 44.7 Å². The number of hydrogen-bond acceptors (Lipinski definition) is 10. The van der Waals surface area contributed by atoms with E-state index in [1.807, 2.05) is 0 Å². The second kappa shape index (κ2) is 8.28. The van der Waals surface area contributed by atoms with Gasteiger partial charge in [-0.2, -0.15) is 14.6 Å². The molecule has 1 aliphatic rings. The second-order valence-corrected chi connectivity index (χ2v) is 9.12. The first-order valence-corrected chi connectivity index (χ1v) is 11.5. The third-order valence-corrected chi connectivity index (χ3v) is 6.59. The molecule has 37 heavy (non-hydrogen) atoms. The van der Waals surface area contributed by atoms with E-state index >= 15 is 0 Å². The fourth-order valence-corrected chi connectivity index (χ4v) is 4.38. The Morgan fingerprint density at radius 2 is 2.11 bits per heavy atom. The van der Waals surface area contributed by atoms with Crippen LogP contribution in [-0.2, 0) is 15.1 Å². The quantitative estimate of drug-likeness (QED) is 0.290. The molecule has 4 N–H and O–H groups in total. The highest BCUT2D eigenvalue weighted by molar-refractivity contribution is 5.94. The van der Waals surface area contributed by atoms with E-state index in [-0.39, 0.29) is 25.7 Å². The Kier molecular flexibility index (Phi) is 5.14. The number of amides is 1. The minimum absolute atomic E-state index is 0.0150. The maximum Gasteiger partial charge on any atom is 0.252 e. The third-order valence-electron chi connectivity index (χ3n) is 6.59. The third kappa shape index (κ3) is 3.58. The summed E-state index contributed by atoms with van der Waals surface area (Å²) in [7, 11) is 1.55. The molecule has 190 valence electrons. The molecule has 13 heteroatoms. The Balaban J connectivity index is 1.51. The number of anilines is 1. The lowest BCUT2D eigenvalue weighted by molar-refractivity contribution is -0.176. The summed E-state index contributed by atoms with van der Waals surface area (Å²) < 4.78 is 18.8. The number of fused-ring (bicyclic) bond motifs is 3. The minimum Gasteiger partial charge on any atom is -0.497 e. The first kappa shape index (κ1) is 22.9. The zero-order valence-corrected chi connectivity index (χ0v) is 20.1. The van der Waals surface area contributed by atoms with Gasteiger partial charge in [0.15, 0.2) is 22.6 Å². The van der Waals surface area contributed by atoms with E-state index in [2.05, 4.69) is 25.5 Å². The van der Waals surface area contributed by atoms with E-state index in [1.165, 1.54) is 15.5 Å². The van der Waals surface area contributed by atoms with Crippen molar-refractivity contribution in [3.63, 3.8) is 0 Å². The molecule has 6 rings (SSSR count). The van der Waals surface area contributed by atoms with Gasteiger partial charge in [0.1, 0.15) is 11.4 Å². The van der Waals surface area contributed by atoms with Crippen LogP contribution in [0, 0.1) is 0 Å². The highest BCUT2D eigenvalue weighted by Crippen LogP contribution is 2.33. The number of nitrogens with two attached hydrogens (primary N) is 1. The van der Waals surface area contributed by atoms with Crippen LogP contribution in [0.15, 0.2) is 53.3 Å². The van der Waals surface area contributed by atoms with Gasteiger partial charge < -0.3 is 30.0 Å². The van der Waals surface area contributed by atoms with Gasteiger partial charge in [0.25, 0.3) is 5.91 Å². The van der Waals surface area contributed by atoms with E-state index in [4.69, 9.17) is 19.6 Å². The maximum absolute atomic E-state index is 13.8. The number of rotatable bonds is 7. The van der Waals surface area contributed by atoms with Gasteiger partial charge in [-0.05, 0) is 36.8 Å². The summed E-state index contributed by atoms with van der Waals surface area (Å²) >= 11 is 0. The summed E-state index contributed by atoms with van der Waals surface area (Å²) in [6.07, 6.45) is 3.09. The zero-order chi connectivity index (χ0) is 25.8. The van der Waals surface area contributed by atoms with Crippen molar-refractivity contribution in [2.75, 3.05) is 32.6 Å². The molecule has 1 saturated heterocycles. The SMILES string of the molecule is COc1cccc(C(C)(C(=O)NCC2(O)COC2)n2ncc3c2nc(N)n2nc(-c4ccco4)nc32)c1. The largest absolute Gasteiger partial charge is 0.497 e. The van der Waals surface area contributed by atoms with E-state index < -0.39 is 17.0 Å². The Labute approximate surface area is 209 Å². The molecule has 4 aromatic heterocycles. The molecule has 13 nitrogen and oxygen atoms in total. The van der Waals surface area contributed by atoms with Crippen LogP contribution in [0.25, 0.3) is 28.3 Å². The van der Waals surface area contributed by atoms with Gasteiger partial charge >= 0.3 is 0 Å². The maximum atomic E-state index is 13.8. The van der Waals surface area contributed by atoms with Crippen molar-refractivity contribution in [2.45, 2.75) is 18.1 Å². The summed E-state index contributed by atoms with van der Waals surface area (Å²) in [6, 6.07) is 10.6. The van der Waals surface area contributed by atoms with Crippen LogP contribution in [0.2, 0.25) is 0 Å². The number of hydrogen-bond donors (Lipinski definition) is 3. The predicted molar refractivity (Wildman–Crippen MR) is 131 cm³/mol. The molecule has 1 fully saturated rings. The van der Waals surface area contributed by atoms with Gasteiger partial charge in [-0.3, -0.25) is 4.79 Å². The van der Waals surface area contributed by atoms with Crippen LogP contribution in [-0.4, -0.2) is 72.8 Å². The summed E-state index contributed by atoms with van der Waals surface area (Å²) in [5, 5.41) is 22.9. The molecular weight excluding hydrogens is 480 g/mol. The van der Waals surface area contributed by atoms with Crippen LogP contribution in [0.5, 0.6) is 5.75 Å². The number of nitrogens with zero attached hydrogens (tertiary/aromatic N) is 6. The molecule has 1 atom stereocenters. The fraction of sp³-hybridized carbons (Fsp3) is 0.292. The monoisotopic (exact) mass is 504 g/mol. The zero-order valence-electron chi connectivity index (χ0n) is 20.1. The van der Waals surface area contributed by atoms with Gasteiger partial charge in [-0.15, -0.1) is 5.10 Å². The molecule has 0 saturated carbocycles. The molecule has 1 aliphatic heterocycles. The molecule has 0 bridgehead atoms. The number of nitrogen functional groups attached to an aromatic ring is 1. The standard InChI is InChI=1S/C24H24N8O5/c1-23(14-5-3-6-15(9-14)35-2,21(33)26-11-24(34)12-36-13-24)32-20-16(10-27-32)19-28-18(17-7-4-8-37-17)30-31(19)22(25)29-20/h3-10,34H,11-13H2,1-2H3,(H2,25,29)(H,26,33). The average Bonchev–Trinajstić information content (AvgIpc) is 3.65. The smallest absolute Gasteiger partial charge is 0.252 e. The predicted octanol–water partition coefficient (Wildman–Crippen LogP) is 0.966. The van der Waals surface area contributed by atoms with Crippen molar-refractivity contribution in [3.05, 3.63) is 54.4 Å². The van der Waals surface area contributed by atoms with Crippen molar-refractivity contribution in [1.29, 1.82) is 0 Å². The first-order valence-electron chi connectivity index (χ1n) is 11.5. The lowest BCUT2D eigenvalue weighted by Gasteiger charge is -2.38. The minimum atomic E-state index is -1.40. The van der Waals surface area contributed by atoms with Gasteiger partial charge in [0.2, 0.25) is 11.8 Å². The fourth-order valence-electron chi connectivity index (χ4n) is 4.38. The van der Waals surface area contributed by atoms with Crippen LogP contribution in [0.3, 0.4) is 0 Å². The summed E-state index contributed by atoms with van der Waals surface area (Å²) in [5.74, 6) is 1.02. The molecule has 0 radical (unpaired) electrons.